The fourth-order valence-electron chi connectivity index (χ4n) is 2.30. The molecule has 0 saturated carbocycles. The number of carbonyl (C=O) groups is 1. The molecule has 0 aliphatic heterocycles. The molecule has 1 heterocycles. The number of pyridine rings is 1. The van der Waals surface area contributed by atoms with Gasteiger partial charge in [-0.2, -0.15) is 0 Å². The van der Waals surface area contributed by atoms with Gasteiger partial charge in [0.1, 0.15) is 5.54 Å². The number of nitrogens with zero attached hydrogens (tertiary/aromatic N) is 1. The molecule has 0 fully saturated rings. The monoisotopic (exact) mass is 272 g/mol. The van der Waals surface area contributed by atoms with Crippen molar-refractivity contribution in [3.63, 3.8) is 0 Å². The quantitative estimate of drug-likeness (QED) is 0.848. The first-order chi connectivity index (χ1) is 9.55. The Morgan fingerprint density at radius 1 is 1.40 bits per heavy atom. The predicted molar refractivity (Wildman–Crippen MR) is 79.5 cm³/mol. The van der Waals surface area contributed by atoms with Gasteiger partial charge in [-0.15, -0.1) is 0 Å². The van der Waals surface area contributed by atoms with Crippen LogP contribution >= 0.6 is 0 Å². The Morgan fingerprint density at radius 2 is 2.20 bits per heavy atom. The summed E-state index contributed by atoms with van der Waals surface area (Å²) in [5, 5.41) is 13.6. The van der Waals surface area contributed by atoms with Crippen molar-refractivity contribution in [1.82, 2.24) is 10.3 Å². The van der Waals surface area contributed by atoms with Crippen LogP contribution in [0.25, 0.3) is 10.9 Å². The summed E-state index contributed by atoms with van der Waals surface area (Å²) in [4.78, 5) is 15.6. The van der Waals surface area contributed by atoms with E-state index in [9.17, 15) is 9.90 Å². The third-order valence-electron chi connectivity index (χ3n) is 3.57. The van der Waals surface area contributed by atoms with E-state index in [0.29, 0.717) is 13.0 Å². The maximum Gasteiger partial charge on any atom is 0.323 e. The van der Waals surface area contributed by atoms with Crippen LogP contribution in [0.15, 0.2) is 36.5 Å². The van der Waals surface area contributed by atoms with Crippen LogP contribution in [0.5, 0.6) is 0 Å². The summed E-state index contributed by atoms with van der Waals surface area (Å²) in [6.07, 6.45) is 3.21. The van der Waals surface area contributed by atoms with Crippen LogP contribution in [-0.4, -0.2) is 21.6 Å². The minimum atomic E-state index is -0.876. The lowest BCUT2D eigenvalue weighted by molar-refractivity contribution is -0.144. The lowest BCUT2D eigenvalue weighted by Crippen LogP contribution is -2.48. The van der Waals surface area contributed by atoms with E-state index in [2.05, 4.69) is 10.3 Å². The second-order valence-corrected chi connectivity index (χ2v) is 5.27. The highest BCUT2D eigenvalue weighted by molar-refractivity contribution is 5.79. The van der Waals surface area contributed by atoms with Gasteiger partial charge >= 0.3 is 5.97 Å². The molecule has 4 heteroatoms. The normalized spacial score (nSPS) is 14.1. The Kier molecular flexibility index (Phi) is 4.35. The number of carboxylic acid groups (broad SMARTS) is 1. The van der Waals surface area contributed by atoms with Gasteiger partial charge in [0.15, 0.2) is 0 Å². The number of benzene rings is 1. The number of rotatable bonds is 6. The van der Waals surface area contributed by atoms with Gasteiger partial charge in [0.2, 0.25) is 0 Å². The summed E-state index contributed by atoms with van der Waals surface area (Å²) in [7, 11) is 0. The fourth-order valence-corrected chi connectivity index (χ4v) is 2.30. The predicted octanol–water partition coefficient (Wildman–Crippen LogP) is 2.97. The average Bonchev–Trinajstić information content (AvgIpc) is 2.45. The zero-order valence-electron chi connectivity index (χ0n) is 11.9. The number of fused-ring (bicyclic) bond motifs is 1. The highest BCUT2D eigenvalue weighted by Crippen LogP contribution is 2.16. The van der Waals surface area contributed by atoms with Crippen LogP contribution in [0.2, 0.25) is 0 Å². The molecule has 1 unspecified atom stereocenters. The van der Waals surface area contributed by atoms with E-state index in [1.165, 1.54) is 0 Å². The smallest absolute Gasteiger partial charge is 0.323 e. The largest absolute Gasteiger partial charge is 0.480 e. The van der Waals surface area contributed by atoms with Crippen LogP contribution < -0.4 is 5.32 Å². The number of aliphatic carboxylic acids is 1. The first-order valence-electron chi connectivity index (χ1n) is 6.87. The lowest BCUT2D eigenvalue weighted by atomic mass is 9.96. The van der Waals surface area contributed by atoms with Crippen LogP contribution in [0.4, 0.5) is 0 Å². The Bertz CT molecular complexity index is 612. The standard InChI is InChI=1S/C16H20N2O2/c1-3-8-16(2,15(19)20)18-11-12-6-7-14-13(10-12)5-4-9-17-14/h4-7,9-10,18H,3,8,11H2,1-2H3,(H,19,20). The number of hydrogen-bond acceptors (Lipinski definition) is 3. The second kappa shape index (κ2) is 6.01. The molecule has 106 valence electrons. The van der Waals surface area contributed by atoms with Gasteiger partial charge in [-0.05, 0) is 37.1 Å². The van der Waals surface area contributed by atoms with Crippen molar-refractivity contribution in [2.45, 2.75) is 38.8 Å². The molecule has 0 aliphatic carbocycles. The van der Waals surface area contributed by atoms with Crippen molar-refractivity contribution < 1.29 is 9.90 Å². The van der Waals surface area contributed by atoms with E-state index in [1.807, 2.05) is 37.3 Å². The van der Waals surface area contributed by atoms with Crippen molar-refractivity contribution in [3.8, 4) is 0 Å². The molecule has 0 radical (unpaired) electrons. The first kappa shape index (κ1) is 14.5. The Hall–Kier alpha value is -1.94. The van der Waals surface area contributed by atoms with Gasteiger partial charge in [0.05, 0.1) is 5.52 Å². The van der Waals surface area contributed by atoms with Crippen LogP contribution in [-0.2, 0) is 11.3 Å². The average molecular weight is 272 g/mol. The summed E-state index contributed by atoms with van der Waals surface area (Å²) in [5.74, 6) is -0.804. The van der Waals surface area contributed by atoms with E-state index >= 15 is 0 Å². The Balaban J connectivity index is 2.13. The molecule has 1 aromatic carbocycles. The molecule has 1 atom stereocenters. The summed E-state index contributed by atoms with van der Waals surface area (Å²) in [6.45, 7) is 4.26. The maximum atomic E-state index is 11.4. The highest BCUT2D eigenvalue weighted by Gasteiger charge is 2.31. The van der Waals surface area contributed by atoms with Crippen molar-refractivity contribution in [2.24, 2.45) is 0 Å². The first-order valence-corrected chi connectivity index (χ1v) is 6.87. The molecule has 2 rings (SSSR count). The summed E-state index contributed by atoms with van der Waals surface area (Å²) in [5.41, 5.74) is 1.14. The Labute approximate surface area is 118 Å². The van der Waals surface area contributed by atoms with Gasteiger partial charge in [-0.1, -0.05) is 25.5 Å². The number of nitrogens with one attached hydrogen (secondary N) is 1. The minimum Gasteiger partial charge on any atom is -0.480 e. The third-order valence-corrected chi connectivity index (χ3v) is 3.57. The third kappa shape index (κ3) is 3.14. The molecule has 20 heavy (non-hydrogen) atoms. The van der Waals surface area contributed by atoms with E-state index in [1.54, 1.807) is 13.1 Å². The molecular weight excluding hydrogens is 252 g/mol. The fraction of sp³-hybridized carbons (Fsp3) is 0.375. The van der Waals surface area contributed by atoms with Crippen molar-refractivity contribution >= 4 is 16.9 Å². The molecule has 2 N–H and O–H groups in total. The zero-order chi connectivity index (χ0) is 14.6. The van der Waals surface area contributed by atoms with E-state index in [0.717, 1.165) is 22.9 Å². The van der Waals surface area contributed by atoms with Crippen LogP contribution in [0.1, 0.15) is 32.3 Å². The molecule has 0 aliphatic rings. The molecule has 1 aromatic heterocycles. The van der Waals surface area contributed by atoms with Crippen LogP contribution in [0.3, 0.4) is 0 Å². The van der Waals surface area contributed by atoms with E-state index in [-0.39, 0.29) is 0 Å². The molecule has 0 bridgehead atoms. The summed E-state index contributed by atoms with van der Waals surface area (Å²) in [6, 6.07) is 9.90. The number of carboxylic acids is 1. The number of aromatic nitrogens is 1. The topological polar surface area (TPSA) is 62.2 Å². The van der Waals surface area contributed by atoms with Crippen molar-refractivity contribution in [3.05, 3.63) is 42.1 Å². The second-order valence-electron chi connectivity index (χ2n) is 5.27. The van der Waals surface area contributed by atoms with E-state index < -0.39 is 11.5 Å². The van der Waals surface area contributed by atoms with Gasteiger partial charge in [0.25, 0.3) is 0 Å². The molecule has 0 amide bonds. The summed E-state index contributed by atoms with van der Waals surface area (Å²) < 4.78 is 0. The minimum absolute atomic E-state index is 0.535. The molecule has 0 spiro atoms. The van der Waals surface area contributed by atoms with Crippen molar-refractivity contribution in [2.75, 3.05) is 0 Å². The van der Waals surface area contributed by atoms with Gasteiger partial charge in [-0.25, -0.2) is 0 Å². The highest BCUT2D eigenvalue weighted by atomic mass is 16.4. The maximum absolute atomic E-state index is 11.4. The van der Waals surface area contributed by atoms with Crippen molar-refractivity contribution in [1.29, 1.82) is 0 Å². The molecule has 2 aromatic rings. The van der Waals surface area contributed by atoms with E-state index in [4.69, 9.17) is 0 Å². The zero-order valence-corrected chi connectivity index (χ0v) is 11.9. The van der Waals surface area contributed by atoms with Gasteiger partial charge in [-0.3, -0.25) is 15.1 Å². The summed E-state index contributed by atoms with van der Waals surface area (Å²) >= 11 is 0. The molecular formula is C16H20N2O2. The van der Waals surface area contributed by atoms with Gasteiger partial charge < -0.3 is 5.11 Å². The van der Waals surface area contributed by atoms with Crippen LogP contribution in [0, 0.1) is 0 Å². The Morgan fingerprint density at radius 3 is 2.90 bits per heavy atom. The number of hydrogen-bond donors (Lipinski definition) is 2. The lowest BCUT2D eigenvalue weighted by Gasteiger charge is -2.26. The van der Waals surface area contributed by atoms with Gasteiger partial charge in [0, 0.05) is 18.1 Å². The SMILES string of the molecule is CCCC(C)(NCc1ccc2ncccc2c1)C(=O)O. The molecule has 0 saturated heterocycles. The molecule has 4 nitrogen and oxygen atoms in total.